The first-order valence-corrected chi connectivity index (χ1v) is 10.3. The summed E-state index contributed by atoms with van der Waals surface area (Å²) in [5.74, 6) is -3.25. The highest BCUT2D eigenvalue weighted by Gasteiger charge is 2.34. The number of aliphatic hydroxyl groups excluding tert-OH is 1. The molecule has 0 bridgehead atoms. The molecule has 2 atom stereocenters. The average Bonchev–Trinajstić information content (AvgIpc) is 2.82. The van der Waals surface area contributed by atoms with Crippen LogP contribution in [0, 0.1) is 17.5 Å². The molecule has 0 radical (unpaired) electrons. The quantitative estimate of drug-likeness (QED) is 0.605. The van der Waals surface area contributed by atoms with E-state index in [4.69, 9.17) is 10.5 Å². The Hall–Kier alpha value is -3.66. The summed E-state index contributed by atoms with van der Waals surface area (Å²) >= 11 is 0. The van der Waals surface area contributed by atoms with E-state index in [-0.39, 0.29) is 30.6 Å². The number of nitrogen functional groups attached to an aromatic ring is 1. The summed E-state index contributed by atoms with van der Waals surface area (Å²) in [6.45, 7) is -0.129. The minimum atomic E-state index is -0.971. The van der Waals surface area contributed by atoms with E-state index in [2.05, 4.69) is 10.2 Å². The zero-order valence-corrected chi connectivity index (χ0v) is 17.4. The van der Waals surface area contributed by atoms with Crippen LogP contribution in [-0.2, 0) is 0 Å². The van der Waals surface area contributed by atoms with E-state index in [0.717, 1.165) is 24.3 Å². The van der Waals surface area contributed by atoms with E-state index in [1.165, 1.54) is 17.0 Å². The van der Waals surface area contributed by atoms with Gasteiger partial charge in [-0.1, -0.05) is 0 Å². The van der Waals surface area contributed by atoms with Gasteiger partial charge in [0.15, 0.2) is 11.6 Å². The normalized spacial score (nSPS) is 18.2. The standard InChI is InChI=1S/C23H21F3N4O3/c24-14-1-3-16(4-2-14)33-21-11-18(25)17(10-19(21)26)23(32)30-8-7-13(9-15(30)12-31)20-5-6-22(27)29-28-20/h1-6,10-11,13,15,31H,7-9,12H2,(H2,27,29)/t13-,15-/m0/s1. The van der Waals surface area contributed by atoms with Gasteiger partial charge in [-0.2, -0.15) is 5.10 Å². The Labute approximate surface area is 187 Å². The molecule has 0 aliphatic carbocycles. The van der Waals surface area contributed by atoms with Crippen LogP contribution in [0.4, 0.5) is 19.0 Å². The van der Waals surface area contributed by atoms with Crippen molar-refractivity contribution in [2.75, 3.05) is 18.9 Å². The van der Waals surface area contributed by atoms with Crippen LogP contribution < -0.4 is 10.5 Å². The Morgan fingerprint density at radius 3 is 2.52 bits per heavy atom. The molecule has 2 aromatic carbocycles. The second-order valence-electron chi connectivity index (χ2n) is 7.76. The maximum atomic E-state index is 14.8. The number of rotatable bonds is 5. The van der Waals surface area contributed by atoms with Crippen LogP contribution in [0.15, 0.2) is 48.5 Å². The van der Waals surface area contributed by atoms with Gasteiger partial charge in [0, 0.05) is 18.5 Å². The van der Waals surface area contributed by atoms with Crippen molar-refractivity contribution in [1.29, 1.82) is 0 Å². The third-order valence-electron chi connectivity index (χ3n) is 5.60. The molecule has 0 unspecified atom stereocenters. The predicted molar refractivity (Wildman–Crippen MR) is 113 cm³/mol. The number of ether oxygens (including phenoxy) is 1. The molecule has 1 saturated heterocycles. The number of amides is 1. The number of nitrogens with two attached hydrogens (primary N) is 1. The van der Waals surface area contributed by atoms with Gasteiger partial charge in [0.25, 0.3) is 5.91 Å². The van der Waals surface area contributed by atoms with Crippen molar-refractivity contribution in [3.05, 3.63) is 77.2 Å². The Morgan fingerprint density at radius 1 is 1.09 bits per heavy atom. The van der Waals surface area contributed by atoms with Crippen LogP contribution in [0.5, 0.6) is 11.5 Å². The molecule has 172 valence electrons. The smallest absolute Gasteiger partial charge is 0.257 e. The maximum absolute atomic E-state index is 14.8. The molecule has 1 aliphatic rings. The molecule has 4 rings (SSSR count). The number of anilines is 1. The molecule has 33 heavy (non-hydrogen) atoms. The lowest BCUT2D eigenvalue weighted by Gasteiger charge is -2.38. The lowest BCUT2D eigenvalue weighted by molar-refractivity contribution is 0.0465. The number of benzene rings is 2. The van der Waals surface area contributed by atoms with Crippen molar-refractivity contribution < 1.29 is 27.8 Å². The second-order valence-corrected chi connectivity index (χ2v) is 7.76. The Balaban J connectivity index is 1.51. The van der Waals surface area contributed by atoms with E-state index in [1.54, 1.807) is 12.1 Å². The van der Waals surface area contributed by atoms with Gasteiger partial charge >= 0.3 is 0 Å². The molecule has 3 aromatic rings. The summed E-state index contributed by atoms with van der Waals surface area (Å²) < 4.78 is 47.7. The second kappa shape index (κ2) is 9.45. The van der Waals surface area contributed by atoms with Crippen molar-refractivity contribution >= 4 is 11.7 Å². The first-order valence-electron chi connectivity index (χ1n) is 10.3. The summed E-state index contributed by atoms with van der Waals surface area (Å²) in [5.41, 5.74) is 5.79. The molecule has 0 spiro atoms. The van der Waals surface area contributed by atoms with Crippen LogP contribution in [0.3, 0.4) is 0 Å². The van der Waals surface area contributed by atoms with Gasteiger partial charge in [0.2, 0.25) is 0 Å². The van der Waals surface area contributed by atoms with E-state index < -0.39 is 40.7 Å². The van der Waals surface area contributed by atoms with Crippen molar-refractivity contribution in [2.45, 2.75) is 24.8 Å². The summed E-state index contributed by atoms with van der Waals surface area (Å²) in [6.07, 6.45) is 0.896. The zero-order valence-electron chi connectivity index (χ0n) is 17.4. The largest absolute Gasteiger partial charge is 0.454 e. The number of hydrogen-bond acceptors (Lipinski definition) is 6. The monoisotopic (exact) mass is 458 g/mol. The Kier molecular flexibility index (Phi) is 6.45. The number of carbonyl (C=O) groups is 1. The van der Waals surface area contributed by atoms with Gasteiger partial charge in [-0.05, 0) is 55.3 Å². The fourth-order valence-corrected chi connectivity index (χ4v) is 3.89. The molecule has 3 N–H and O–H groups in total. The lowest BCUT2D eigenvalue weighted by atomic mass is 9.88. The first-order chi connectivity index (χ1) is 15.9. The van der Waals surface area contributed by atoms with E-state index >= 15 is 0 Å². The van der Waals surface area contributed by atoms with E-state index in [9.17, 15) is 23.1 Å². The van der Waals surface area contributed by atoms with Crippen molar-refractivity contribution in [3.63, 3.8) is 0 Å². The van der Waals surface area contributed by atoms with Crippen LogP contribution in [0.25, 0.3) is 0 Å². The minimum Gasteiger partial charge on any atom is -0.454 e. The summed E-state index contributed by atoms with van der Waals surface area (Å²) in [4.78, 5) is 14.4. The molecular weight excluding hydrogens is 437 g/mol. The maximum Gasteiger partial charge on any atom is 0.257 e. The molecule has 1 aromatic heterocycles. The highest BCUT2D eigenvalue weighted by atomic mass is 19.1. The van der Waals surface area contributed by atoms with E-state index in [0.29, 0.717) is 18.5 Å². The number of piperidine rings is 1. The third-order valence-corrected chi connectivity index (χ3v) is 5.60. The highest BCUT2D eigenvalue weighted by molar-refractivity contribution is 5.95. The third kappa shape index (κ3) is 4.90. The summed E-state index contributed by atoms with van der Waals surface area (Å²) in [7, 11) is 0. The average molecular weight is 458 g/mol. The topological polar surface area (TPSA) is 102 Å². The Bertz CT molecular complexity index is 1140. The SMILES string of the molecule is Nc1ccc([C@H]2CCN(C(=O)c3cc(F)c(Oc4ccc(F)cc4)cc3F)[C@H](CO)C2)nn1. The number of aliphatic hydroxyl groups is 1. The summed E-state index contributed by atoms with van der Waals surface area (Å²) in [6, 6.07) is 9.09. The van der Waals surface area contributed by atoms with Gasteiger partial charge in [-0.25, -0.2) is 13.2 Å². The molecule has 2 heterocycles. The van der Waals surface area contributed by atoms with Gasteiger partial charge in [-0.15, -0.1) is 5.10 Å². The molecule has 1 fully saturated rings. The molecule has 1 aliphatic heterocycles. The number of aromatic nitrogens is 2. The zero-order chi connectivity index (χ0) is 23.5. The molecule has 1 amide bonds. The number of hydrogen-bond donors (Lipinski definition) is 2. The Morgan fingerprint density at radius 2 is 1.85 bits per heavy atom. The molecule has 10 heteroatoms. The predicted octanol–water partition coefficient (Wildman–Crippen LogP) is 3.65. The van der Waals surface area contributed by atoms with Crippen molar-refractivity contribution in [1.82, 2.24) is 15.1 Å². The van der Waals surface area contributed by atoms with Gasteiger partial charge in [0.05, 0.1) is 23.9 Å². The fraction of sp³-hybridized carbons (Fsp3) is 0.261. The van der Waals surface area contributed by atoms with Gasteiger partial charge in [-0.3, -0.25) is 4.79 Å². The molecule has 0 saturated carbocycles. The van der Waals surface area contributed by atoms with Crippen LogP contribution >= 0.6 is 0 Å². The minimum absolute atomic E-state index is 0.0626. The number of halogens is 3. The van der Waals surface area contributed by atoms with E-state index in [1.807, 2.05) is 0 Å². The van der Waals surface area contributed by atoms with Crippen molar-refractivity contribution in [3.8, 4) is 11.5 Å². The number of carbonyl (C=O) groups excluding carboxylic acids is 1. The van der Waals surface area contributed by atoms with Gasteiger partial charge in [0.1, 0.15) is 23.2 Å². The number of likely N-dealkylation sites (tertiary alicyclic amines) is 1. The summed E-state index contributed by atoms with van der Waals surface area (Å²) in [5, 5.41) is 17.8. The van der Waals surface area contributed by atoms with Crippen LogP contribution in [-0.4, -0.2) is 45.3 Å². The van der Waals surface area contributed by atoms with Crippen molar-refractivity contribution in [2.24, 2.45) is 0 Å². The highest BCUT2D eigenvalue weighted by Crippen LogP contribution is 2.33. The molecular formula is C23H21F3N4O3. The van der Waals surface area contributed by atoms with Crippen LogP contribution in [0.2, 0.25) is 0 Å². The lowest BCUT2D eigenvalue weighted by Crippen LogP contribution is -2.47. The first kappa shape index (κ1) is 22.5. The molecule has 7 nitrogen and oxygen atoms in total. The van der Waals surface area contributed by atoms with Gasteiger partial charge < -0.3 is 20.5 Å². The number of nitrogens with zero attached hydrogens (tertiary/aromatic N) is 3. The van der Waals surface area contributed by atoms with Crippen LogP contribution in [0.1, 0.15) is 34.8 Å². The fourth-order valence-electron chi connectivity index (χ4n) is 3.89.